The number of sulfone groups is 1. The number of nitrogens with one attached hydrogen (secondary N) is 6. The third kappa shape index (κ3) is 11.4. The number of halogens is 3. The molecule has 42 heteroatoms. The van der Waals surface area contributed by atoms with Crippen molar-refractivity contribution in [3.05, 3.63) is 52.3 Å². The normalized spacial score (nSPS) is 30.1. The smallest absolute Gasteiger partial charge is 0.328 e. The number of aromatic nitrogens is 3. The Morgan fingerprint density at radius 2 is 0.812 bits per heavy atom. The van der Waals surface area contributed by atoms with Crippen LogP contribution in [0.15, 0.2) is 31.8 Å². The number of urea groups is 3. The van der Waals surface area contributed by atoms with Crippen LogP contribution >= 0.6 is 35.3 Å². The summed E-state index contributed by atoms with van der Waals surface area (Å²) in [6.07, 6.45) is 1.08. The molecule has 6 aromatic rings. The van der Waals surface area contributed by atoms with Gasteiger partial charge < -0.3 is 42.5 Å². The van der Waals surface area contributed by atoms with Crippen molar-refractivity contribution in [1.29, 1.82) is 0 Å². The van der Waals surface area contributed by atoms with Crippen LogP contribution < -0.4 is 61.3 Å². The summed E-state index contributed by atoms with van der Waals surface area (Å²) < 4.78 is 106. The van der Waals surface area contributed by atoms with Gasteiger partial charge in [-0.2, -0.15) is 0 Å². The van der Waals surface area contributed by atoms with E-state index in [4.69, 9.17) is 27.8 Å². The van der Waals surface area contributed by atoms with E-state index >= 15 is 13.2 Å². The molecule has 10 fully saturated rings. The van der Waals surface area contributed by atoms with Crippen molar-refractivity contribution >= 4 is 182 Å². The van der Waals surface area contributed by atoms with E-state index in [0.29, 0.717) is 23.1 Å². The summed E-state index contributed by atoms with van der Waals surface area (Å²) >= 11 is 3.31. The molecular weight excluding hydrogens is 1560 g/mol. The second-order valence-electron chi connectivity index (χ2n) is 30.7. The lowest BCUT2D eigenvalue weighted by atomic mass is 9.66. The summed E-state index contributed by atoms with van der Waals surface area (Å²) in [6, 6.07) is -0.613. The molecule has 9 saturated heterocycles. The van der Waals surface area contributed by atoms with Crippen molar-refractivity contribution in [3.8, 4) is 0 Å². The highest BCUT2D eigenvalue weighted by atomic mass is 32.2. The Morgan fingerprint density at radius 3 is 1.16 bits per heavy atom. The van der Waals surface area contributed by atoms with Crippen LogP contribution in [0.1, 0.15) is 90.8 Å². The van der Waals surface area contributed by atoms with Gasteiger partial charge >= 0.3 is 18.1 Å². The van der Waals surface area contributed by atoms with Gasteiger partial charge in [-0.3, -0.25) is 89.8 Å². The molecule has 13 atom stereocenters. The minimum absolute atomic E-state index is 0.00723. The van der Waals surface area contributed by atoms with E-state index in [1.165, 1.54) is 39.4 Å². The number of morpholine rings is 3. The molecule has 1 aliphatic carbocycles. The van der Waals surface area contributed by atoms with Gasteiger partial charge in [-0.05, 0) is 95.7 Å². The van der Waals surface area contributed by atoms with E-state index < -0.39 is 144 Å². The molecule has 3 aromatic heterocycles. The first-order valence-corrected chi connectivity index (χ1v) is 41.1. The molecule has 15 amide bonds. The van der Waals surface area contributed by atoms with Crippen LogP contribution in [-0.2, 0) is 72.1 Å². The van der Waals surface area contributed by atoms with Crippen molar-refractivity contribution in [2.45, 2.75) is 170 Å². The van der Waals surface area contributed by atoms with Crippen molar-refractivity contribution in [1.82, 2.24) is 47.4 Å². The molecule has 13 aliphatic rings. The topological polar surface area (TPSA) is 436 Å². The van der Waals surface area contributed by atoms with Crippen molar-refractivity contribution < 1.29 is 107 Å². The number of barbiturate groups is 3. The fourth-order valence-electron chi connectivity index (χ4n) is 19.3. The molecule has 112 heavy (non-hydrogen) atoms. The van der Waals surface area contributed by atoms with Crippen molar-refractivity contribution in [2.24, 2.45) is 16.2 Å². The van der Waals surface area contributed by atoms with Crippen LogP contribution in [0.4, 0.5) is 76.5 Å². The second-order valence-corrected chi connectivity index (χ2v) is 36.5. The Balaban J connectivity index is 0.000000122. The molecule has 0 unspecified atom stereocenters. The minimum atomic E-state index is -3.35. The Morgan fingerprint density at radius 1 is 0.473 bits per heavy atom. The summed E-state index contributed by atoms with van der Waals surface area (Å²) in [5.41, 5.74) is -4.07. The molecule has 3 aromatic carbocycles. The number of carbonyl (C=O) groups is 12. The largest absolute Gasteiger partial charge is 0.372 e. The summed E-state index contributed by atoms with van der Waals surface area (Å²) in [5, 5.41) is 25.0. The lowest BCUT2D eigenvalue weighted by Gasteiger charge is -2.55. The molecule has 0 radical (unpaired) electrons. The molecule has 592 valence electrons. The van der Waals surface area contributed by atoms with E-state index in [-0.39, 0.29) is 164 Å². The highest BCUT2D eigenvalue weighted by molar-refractivity contribution is 8.15. The maximum absolute atomic E-state index is 16.3. The lowest BCUT2D eigenvalue weighted by molar-refractivity contribution is -0.154. The molecule has 35 nitrogen and oxygen atoms in total. The van der Waals surface area contributed by atoms with Gasteiger partial charge in [0.05, 0.1) is 99.8 Å². The number of amides is 15. The predicted octanol–water partition coefficient (Wildman–Crippen LogP) is 5.71. The number of rotatable bonds is 6. The summed E-state index contributed by atoms with van der Waals surface area (Å²) in [5.74, 6) is -6.54. The zero-order valence-electron chi connectivity index (χ0n) is 60.9. The minimum Gasteiger partial charge on any atom is -0.372 e. The summed E-state index contributed by atoms with van der Waals surface area (Å²) in [4.78, 5) is 163. The van der Waals surface area contributed by atoms with Gasteiger partial charge in [0.25, 0.3) is 15.7 Å². The Hall–Kier alpha value is -9.62. The zero-order chi connectivity index (χ0) is 79.3. The van der Waals surface area contributed by atoms with Gasteiger partial charge in [-0.1, -0.05) is 64.1 Å². The second kappa shape index (κ2) is 26.8. The van der Waals surface area contributed by atoms with Crippen LogP contribution in [0.25, 0.3) is 32.9 Å². The van der Waals surface area contributed by atoms with E-state index in [0.717, 1.165) is 43.7 Å². The molecule has 1 saturated carbocycles. The van der Waals surface area contributed by atoms with Crippen LogP contribution in [0.3, 0.4) is 0 Å². The monoisotopic (exact) mass is 1630 g/mol. The van der Waals surface area contributed by atoms with Gasteiger partial charge in [0.2, 0.25) is 52.2 Å². The number of fused-ring (bicyclic) bond motifs is 16. The lowest BCUT2D eigenvalue weighted by Crippen LogP contribution is -2.75. The number of nitrogens with zero attached hydrogens (tertiary/aromatic N) is 9. The third-order valence-electron chi connectivity index (χ3n) is 23.5. The molecule has 6 N–H and O–H groups in total. The van der Waals surface area contributed by atoms with Crippen LogP contribution in [0, 0.1) is 33.7 Å². The van der Waals surface area contributed by atoms with Gasteiger partial charge in [-0.25, -0.2) is 36.0 Å². The number of benzene rings is 3. The van der Waals surface area contributed by atoms with E-state index in [9.17, 15) is 66.0 Å². The van der Waals surface area contributed by atoms with E-state index in [2.05, 4.69) is 47.4 Å². The van der Waals surface area contributed by atoms with Crippen LogP contribution in [-0.4, -0.2) is 214 Å². The van der Waals surface area contributed by atoms with Gasteiger partial charge in [-0.15, -0.1) is 0 Å². The number of anilines is 6. The number of thioether (sulfide) groups is 3. The van der Waals surface area contributed by atoms with E-state index in [1.807, 2.05) is 20.8 Å². The molecular formula is C70H72F3N15O20S4. The van der Waals surface area contributed by atoms with Gasteiger partial charge in [0.15, 0.2) is 51.2 Å². The SMILES string of the molecule is CC[C@H]1CN(c2noc3c(F)c4c(cc23)CC2(C(=O)NC(=O)NC2=O)[C@H]2[C@H](C)O[C@H](C)CN42)C(=O)S1.C[C@@H]1CN2c3c(cc4c(N5C(=O)S[C@@H]6CCC[C@@H]65)noc4c3F)CC3(C(=O)NC(=O)NC3=O)[C@H]2[C@H](C)O1.C[C@@H]1CN2c3c(cc4c(N5C[C@H](CS(C)(=O)=O)SC5=O)noc4c3F)CC3(C(=O)NC(=O)NC3=O)[C@H]2[C@H](C)O1. The molecule has 12 aliphatic heterocycles. The predicted molar refractivity (Wildman–Crippen MR) is 394 cm³/mol. The fraction of sp³-hybridized carbons (Fsp3) is 0.529. The highest BCUT2D eigenvalue weighted by Crippen LogP contribution is 2.56. The van der Waals surface area contributed by atoms with Crippen molar-refractivity contribution in [3.63, 3.8) is 0 Å². The average Bonchev–Trinajstić information content (AvgIpc) is 0.977. The summed E-state index contributed by atoms with van der Waals surface area (Å²) in [7, 11) is -3.35. The van der Waals surface area contributed by atoms with Gasteiger partial charge in [0, 0.05) is 74.0 Å². The Kier molecular flexibility index (Phi) is 17.9. The Bertz CT molecular complexity index is 5290. The first-order chi connectivity index (χ1) is 53.1. The quantitative estimate of drug-likeness (QED) is 0.109. The molecule has 3 spiro atoms. The first-order valence-electron chi connectivity index (χ1n) is 36.4. The van der Waals surface area contributed by atoms with E-state index in [1.54, 1.807) is 59.4 Å². The number of carbonyl (C=O) groups excluding carboxylic acids is 12. The Labute approximate surface area is 645 Å². The van der Waals surface area contributed by atoms with Gasteiger partial charge in [0.1, 0.15) is 9.84 Å². The standard InChI is InChI=1S/C24H24FN5O6S.C23H24FN5O8S2.C23H24FN5O6S/c1-9-8-29-16-11(7-24(18(29)10(2)35-9)20(31)26-22(33)27-21(24)32)6-12-17(15(16)25)36-28-19(12)30-13-4-3-5-14(13)37-23(30)34;1-9-6-28-15-11(5-23(17(28)10(2)36-9)19(30)25-21(32)26-20(23)31)4-13-16(14(15)24)37-27-18(13)29-7-12(38-22(29)33)8-39(3,34)35;1-4-12-8-29(22(33)36-12)18-13-5-11-6-23(19(30)25-21(32)26-20(23)31)17-10(3)34-9(2)7-28(17)15(11)14(24)16(13)35-27-18/h6,9-10,13-14,18H,3-5,7-8H2,1-2H3,(H2,26,27,31,32,33);4,9-10,12,17H,5-8H2,1-3H3,(H2,25,26,30,31,32);5,9-10,12,17H,4,6-8H2,1-3H3,(H2,25,26,30,31,32)/t9-,10+,13+,14-,18-;9-,10+,12-,17-;9-,10+,12+,17-/m111/s1. The van der Waals surface area contributed by atoms with Crippen molar-refractivity contribution in [2.75, 3.05) is 74.1 Å². The molecule has 15 heterocycles. The fourth-order valence-corrected chi connectivity index (χ4v) is 24.2. The zero-order valence-corrected chi connectivity index (χ0v) is 64.2. The number of ether oxygens (including phenoxy) is 3. The number of hydrogen-bond acceptors (Lipinski definition) is 29. The molecule has 0 bridgehead atoms. The highest BCUT2D eigenvalue weighted by Gasteiger charge is 2.67. The summed E-state index contributed by atoms with van der Waals surface area (Å²) in [6.45, 7) is 13.6. The third-order valence-corrected chi connectivity index (χ3v) is 28.2. The average molecular weight is 1630 g/mol. The first kappa shape index (κ1) is 75.1. The maximum atomic E-state index is 16.3. The number of imide groups is 6. The molecule has 19 rings (SSSR count). The number of hydrogen-bond donors (Lipinski definition) is 6. The van der Waals surface area contributed by atoms with Crippen LogP contribution in [0.2, 0.25) is 0 Å². The maximum Gasteiger partial charge on any atom is 0.328 e. The van der Waals surface area contributed by atoms with Crippen LogP contribution in [0.5, 0.6) is 0 Å².